The number of hydrogen-bond donors (Lipinski definition) is 0. The summed E-state index contributed by atoms with van der Waals surface area (Å²) >= 11 is 0. The molecule has 1 heterocycles. The smallest absolute Gasteiger partial charge is 0.254 e. The van der Waals surface area contributed by atoms with Crippen LogP contribution in [-0.2, 0) is 4.79 Å². The van der Waals surface area contributed by atoms with Gasteiger partial charge < -0.3 is 4.90 Å². The molecule has 2 heteroatoms. The van der Waals surface area contributed by atoms with Crippen LogP contribution in [-0.4, -0.2) is 23.4 Å². The maximum atomic E-state index is 12.2. The number of hydrogen-bond acceptors (Lipinski definition) is 1. The van der Waals surface area contributed by atoms with Gasteiger partial charge in [0, 0.05) is 18.2 Å². The van der Waals surface area contributed by atoms with Crippen molar-refractivity contribution in [2.24, 2.45) is 0 Å². The van der Waals surface area contributed by atoms with E-state index < -0.39 is 0 Å². The molecule has 0 aromatic heterocycles. The molecule has 0 saturated carbocycles. The standard InChI is InChI=1S/C14H19NO/c1-4-11-6-5-7-12-9-15(10(2)3)14(16)13(12)8-11/h5,7-8,10H,4,6,9H2,1-3H3. The average Bonchev–Trinajstić information content (AvgIpc) is 2.47. The highest BCUT2D eigenvalue weighted by Crippen LogP contribution is 2.28. The number of allylic oxidation sites excluding steroid dienone is 2. The summed E-state index contributed by atoms with van der Waals surface area (Å²) in [7, 11) is 0. The van der Waals surface area contributed by atoms with E-state index in [1.807, 2.05) is 4.90 Å². The van der Waals surface area contributed by atoms with E-state index in [1.54, 1.807) is 0 Å². The summed E-state index contributed by atoms with van der Waals surface area (Å²) in [5.41, 5.74) is 3.45. The number of rotatable bonds is 2. The van der Waals surface area contributed by atoms with Crippen LogP contribution in [0.15, 0.2) is 34.9 Å². The van der Waals surface area contributed by atoms with Crippen molar-refractivity contribution in [1.29, 1.82) is 0 Å². The number of carbonyl (C=O) groups is 1. The Balaban J connectivity index is 2.33. The lowest BCUT2D eigenvalue weighted by Crippen LogP contribution is -2.33. The van der Waals surface area contributed by atoms with E-state index in [9.17, 15) is 4.79 Å². The Labute approximate surface area is 97.3 Å². The Kier molecular flexibility index (Phi) is 2.99. The fourth-order valence-electron chi connectivity index (χ4n) is 2.21. The predicted molar refractivity (Wildman–Crippen MR) is 66.0 cm³/mol. The molecule has 2 rings (SSSR count). The van der Waals surface area contributed by atoms with E-state index >= 15 is 0 Å². The predicted octanol–water partition coefficient (Wildman–Crippen LogP) is 2.83. The average molecular weight is 217 g/mol. The highest BCUT2D eigenvalue weighted by molar-refractivity contribution is 6.00. The van der Waals surface area contributed by atoms with Gasteiger partial charge in [0.2, 0.25) is 0 Å². The topological polar surface area (TPSA) is 20.3 Å². The number of carbonyl (C=O) groups excluding carboxylic acids is 1. The maximum Gasteiger partial charge on any atom is 0.254 e. The summed E-state index contributed by atoms with van der Waals surface area (Å²) in [4.78, 5) is 14.1. The maximum absolute atomic E-state index is 12.2. The second-order valence-corrected chi connectivity index (χ2v) is 4.73. The molecular formula is C14H19NO. The molecule has 0 radical (unpaired) electrons. The van der Waals surface area contributed by atoms with E-state index in [-0.39, 0.29) is 11.9 Å². The van der Waals surface area contributed by atoms with Crippen molar-refractivity contribution in [1.82, 2.24) is 4.90 Å². The molecule has 2 aliphatic rings. The molecule has 86 valence electrons. The molecule has 16 heavy (non-hydrogen) atoms. The molecule has 0 atom stereocenters. The van der Waals surface area contributed by atoms with Gasteiger partial charge in [-0.3, -0.25) is 4.79 Å². The van der Waals surface area contributed by atoms with Gasteiger partial charge in [0.15, 0.2) is 0 Å². The van der Waals surface area contributed by atoms with Gasteiger partial charge in [0.25, 0.3) is 5.91 Å². The highest BCUT2D eigenvalue weighted by atomic mass is 16.2. The zero-order chi connectivity index (χ0) is 11.7. The lowest BCUT2D eigenvalue weighted by Gasteiger charge is -2.21. The SMILES string of the molecule is CCC1=CC2=C(C=CC1)CN(C(C)C)C2=O. The van der Waals surface area contributed by atoms with E-state index in [0.717, 1.165) is 25.0 Å². The van der Waals surface area contributed by atoms with Crippen molar-refractivity contribution in [3.8, 4) is 0 Å². The molecule has 0 spiro atoms. The largest absolute Gasteiger partial charge is 0.332 e. The number of nitrogens with zero attached hydrogens (tertiary/aromatic N) is 1. The summed E-state index contributed by atoms with van der Waals surface area (Å²) in [6.07, 6.45) is 8.40. The first-order valence-electron chi connectivity index (χ1n) is 6.03. The van der Waals surface area contributed by atoms with Gasteiger partial charge in [-0.2, -0.15) is 0 Å². The van der Waals surface area contributed by atoms with Crippen molar-refractivity contribution in [3.63, 3.8) is 0 Å². The van der Waals surface area contributed by atoms with E-state index in [1.165, 1.54) is 11.1 Å². The molecule has 2 nitrogen and oxygen atoms in total. The molecule has 1 aliphatic carbocycles. The monoisotopic (exact) mass is 217 g/mol. The van der Waals surface area contributed by atoms with Crippen LogP contribution in [0.4, 0.5) is 0 Å². The second kappa shape index (κ2) is 4.28. The van der Waals surface area contributed by atoms with E-state index in [2.05, 4.69) is 39.0 Å². The van der Waals surface area contributed by atoms with Gasteiger partial charge in [-0.15, -0.1) is 0 Å². The van der Waals surface area contributed by atoms with Crippen molar-refractivity contribution in [2.75, 3.05) is 6.54 Å². The van der Waals surface area contributed by atoms with Crippen LogP contribution in [0.2, 0.25) is 0 Å². The molecule has 0 unspecified atom stereocenters. The Bertz CT molecular complexity index is 399. The Morgan fingerprint density at radius 3 is 2.81 bits per heavy atom. The first-order chi connectivity index (χ1) is 7.63. The summed E-state index contributed by atoms with van der Waals surface area (Å²) in [5, 5.41) is 0. The summed E-state index contributed by atoms with van der Waals surface area (Å²) in [5.74, 6) is 0.197. The fourth-order valence-corrected chi connectivity index (χ4v) is 2.21. The molecule has 0 aromatic carbocycles. The first-order valence-corrected chi connectivity index (χ1v) is 6.03. The van der Waals surface area contributed by atoms with E-state index in [0.29, 0.717) is 0 Å². The third-order valence-electron chi connectivity index (χ3n) is 3.30. The van der Waals surface area contributed by atoms with Crippen molar-refractivity contribution in [2.45, 2.75) is 39.7 Å². The van der Waals surface area contributed by atoms with Crippen LogP contribution in [0.1, 0.15) is 33.6 Å². The van der Waals surface area contributed by atoms with Crippen LogP contribution >= 0.6 is 0 Å². The van der Waals surface area contributed by atoms with Gasteiger partial charge in [-0.25, -0.2) is 0 Å². The van der Waals surface area contributed by atoms with Crippen LogP contribution in [0.3, 0.4) is 0 Å². The highest BCUT2D eigenvalue weighted by Gasteiger charge is 2.29. The van der Waals surface area contributed by atoms with Crippen LogP contribution in [0.25, 0.3) is 0 Å². The molecule has 1 aliphatic heterocycles. The summed E-state index contributed by atoms with van der Waals surface area (Å²) < 4.78 is 0. The molecule has 0 bridgehead atoms. The molecule has 0 N–H and O–H groups in total. The normalized spacial score (nSPS) is 20.4. The minimum Gasteiger partial charge on any atom is -0.332 e. The lowest BCUT2D eigenvalue weighted by molar-refractivity contribution is -0.126. The van der Waals surface area contributed by atoms with E-state index in [4.69, 9.17) is 0 Å². The Morgan fingerprint density at radius 2 is 2.19 bits per heavy atom. The zero-order valence-corrected chi connectivity index (χ0v) is 10.3. The Hall–Kier alpha value is -1.31. The first kappa shape index (κ1) is 11.2. The van der Waals surface area contributed by atoms with Gasteiger partial charge in [0.1, 0.15) is 0 Å². The summed E-state index contributed by atoms with van der Waals surface area (Å²) in [6.45, 7) is 7.05. The van der Waals surface area contributed by atoms with Crippen molar-refractivity contribution >= 4 is 5.91 Å². The van der Waals surface area contributed by atoms with Crippen LogP contribution in [0, 0.1) is 0 Å². The van der Waals surface area contributed by atoms with Gasteiger partial charge >= 0.3 is 0 Å². The van der Waals surface area contributed by atoms with Gasteiger partial charge in [-0.1, -0.05) is 24.6 Å². The summed E-state index contributed by atoms with van der Waals surface area (Å²) in [6, 6.07) is 0.284. The zero-order valence-electron chi connectivity index (χ0n) is 10.3. The molecule has 0 saturated heterocycles. The Morgan fingerprint density at radius 1 is 1.44 bits per heavy atom. The molecular weight excluding hydrogens is 198 g/mol. The second-order valence-electron chi connectivity index (χ2n) is 4.73. The minimum absolute atomic E-state index is 0.197. The van der Waals surface area contributed by atoms with Gasteiger partial charge in [0.05, 0.1) is 0 Å². The fraction of sp³-hybridized carbons (Fsp3) is 0.500. The van der Waals surface area contributed by atoms with Crippen molar-refractivity contribution < 1.29 is 4.79 Å². The minimum atomic E-state index is 0.197. The number of amides is 1. The third-order valence-corrected chi connectivity index (χ3v) is 3.30. The quantitative estimate of drug-likeness (QED) is 0.696. The van der Waals surface area contributed by atoms with Crippen molar-refractivity contribution in [3.05, 3.63) is 34.9 Å². The third kappa shape index (κ3) is 1.84. The van der Waals surface area contributed by atoms with Gasteiger partial charge in [-0.05, 0) is 38.3 Å². The molecule has 0 fully saturated rings. The lowest BCUT2D eigenvalue weighted by atomic mass is 10.1. The molecule has 1 amide bonds. The molecule has 0 aromatic rings. The van der Waals surface area contributed by atoms with Crippen LogP contribution in [0.5, 0.6) is 0 Å². The van der Waals surface area contributed by atoms with Crippen LogP contribution < -0.4 is 0 Å².